The number of hydrogen-bond acceptors (Lipinski definition) is 9. The van der Waals surface area contributed by atoms with Crippen molar-refractivity contribution in [2.45, 2.75) is 57.1 Å². The fourth-order valence-corrected chi connectivity index (χ4v) is 4.99. The number of benzene rings is 2. The van der Waals surface area contributed by atoms with Crippen LogP contribution in [0.15, 0.2) is 60.0 Å². The van der Waals surface area contributed by atoms with E-state index in [0.29, 0.717) is 16.6 Å². The molecule has 0 radical (unpaired) electrons. The van der Waals surface area contributed by atoms with E-state index in [2.05, 4.69) is 27.4 Å². The zero-order valence-corrected chi connectivity index (χ0v) is 21.6. The highest BCUT2D eigenvalue weighted by Crippen LogP contribution is 2.43. The number of nitrogens with one attached hydrogen (secondary N) is 2. The van der Waals surface area contributed by atoms with Crippen molar-refractivity contribution in [3.63, 3.8) is 0 Å². The van der Waals surface area contributed by atoms with Crippen molar-refractivity contribution in [2.24, 2.45) is 5.92 Å². The molecule has 196 valence electrons. The van der Waals surface area contributed by atoms with Gasteiger partial charge in [0.25, 0.3) is 5.91 Å². The third-order valence-electron chi connectivity index (χ3n) is 6.04. The molecule has 1 aliphatic heterocycles. The minimum absolute atomic E-state index is 0.0131. The minimum Gasteiger partial charge on any atom is -0.453 e. The van der Waals surface area contributed by atoms with Gasteiger partial charge in [0.15, 0.2) is 17.6 Å². The van der Waals surface area contributed by atoms with Gasteiger partial charge in [0.2, 0.25) is 0 Å². The number of rotatable bonds is 9. The molecule has 1 amide bonds. The average Bonchev–Trinajstić information content (AvgIpc) is 3.42. The van der Waals surface area contributed by atoms with E-state index in [0.717, 1.165) is 16.7 Å². The van der Waals surface area contributed by atoms with E-state index in [4.69, 9.17) is 14.2 Å². The summed E-state index contributed by atoms with van der Waals surface area (Å²) in [6.45, 7) is 4.82. The number of thioether (sulfide) groups is 1. The Morgan fingerprint density at radius 1 is 1.19 bits per heavy atom. The fraction of sp³-hybridized carbons (Fsp3) is 0.385. The van der Waals surface area contributed by atoms with Gasteiger partial charge in [-0.15, -0.1) is 0 Å². The summed E-state index contributed by atoms with van der Waals surface area (Å²) < 4.78 is 17.8. The molecule has 0 bridgehead atoms. The number of aromatic amines is 1. The number of nitrogens with zero attached hydrogens (tertiary/aromatic N) is 2. The first kappa shape index (κ1) is 26.8. The van der Waals surface area contributed by atoms with E-state index >= 15 is 0 Å². The number of esters is 1. The number of H-pyrrole nitrogens is 1. The molecule has 1 saturated heterocycles. The highest BCUT2D eigenvalue weighted by Gasteiger charge is 2.38. The van der Waals surface area contributed by atoms with Gasteiger partial charge in [-0.25, -0.2) is 4.98 Å². The Kier molecular flexibility index (Phi) is 8.93. The molecule has 1 aliphatic rings. The van der Waals surface area contributed by atoms with Crippen LogP contribution in [0.25, 0.3) is 0 Å². The largest absolute Gasteiger partial charge is 0.453 e. The van der Waals surface area contributed by atoms with Gasteiger partial charge in [-0.1, -0.05) is 55.1 Å². The summed E-state index contributed by atoms with van der Waals surface area (Å²) in [5.74, 6) is -0.326. The Hall–Kier alpha value is -3.25. The fourth-order valence-electron chi connectivity index (χ4n) is 4.04. The second-order valence-corrected chi connectivity index (χ2v) is 9.80. The first-order valence-corrected chi connectivity index (χ1v) is 12.9. The molecule has 10 nitrogen and oxygen atoms in total. The third kappa shape index (κ3) is 6.95. The van der Waals surface area contributed by atoms with E-state index < -0.39 is 24.3 Å². The van der Waals surface area contributed by atoms with Gasteiger partial charge in [0.1, 0.15) is 6.33 Å². The topological polar surface area (TPSA) is 136 Å². The second-order valence-electron chi connectivity index (χ2n) is 8.79. The maximum atomic E-state index is 12.4. The number of aliphatic hydroxyl groups excluding tert-OH is 1. The lowest BCUT2D eigenvalue weighted by molar-refractivity contribution is -0.268. The smallest absolute Gasteiger partial charge is 0.303 e. The van der Waals surface area contributed by atoms with Crippen molar-refractivity contribution >= 4 is 29.3 Å². The molecule has 1 fully saturated rings. The van der Waals surface area contributed by atoms with Crippen LogP contribution >= 0.6 is 11.8 Å². The Morgan fingerprint density at radius 2 is 1.97 bits per heavy atom. The lowest BCUT2D eigenvalue weighted by atomic mass is 9.91. The van der Waals surface area contributed by atoms with Crippen molar-refractivity contribution in [2.75, 3.05) is 11.1 Å². The molecule has 0 unspecified atom stereocenters. The van der Waals surface area contributed by atoms with Crippen LogP contribution in [0.2, 0.25) is 0 Å². The molecule has 11 heteroatoms. The van der Waals surface area contributed by atoms with E-state index in [1.54, 1.807) is 18.2 Å². The van der Waals surface area contributed by atoms with Crippen molar-refractivity contribution in [1.82, 2.24) is 15.2 Å². The molecular weight excluding hydrogens is 496 g/mol. The van der Waals surface area contributed by atoms with Crippen LogP contribution in [0.1, 0.15) is 49.9 Å². The Balaban J connectivity index is 1.55. The van der Waals surface area contributed by atoms with Gasteiger partial charge in [0, 0.05) is 29.8 Å². The van der Waals surface area contributed by atoms with Crippen molar-refractivity contribution < 1.29 is 28.9 Å². The zero-order chi connectivity index (χ0) is 26.4. The number of carbonyl (C=O) groups is 2. The molecule has 2 aromatic carbocycles. The van der Waals surface area contributed by atoms with Crippen LogP contribution in [-0.2, 0) is 30.4 Å². The first-order valence-electron chi connectivity index (χ1n) is 11.9. The molecule has 4 rings (SSSR count). The number of aromatic nitrogens is 3. The summed E-state index contributed by atoms with van der Waals surface area (Å²) in [6.07, 6.45) is -0.602. The van der Waals surface area contributed by atoms with E-state index in [1.165, 1.54) is 31.9 Å². The van der Waals surface area contributed by atoms with Crippen LogP contribution in [0.4, 0.5) is 5.69 Å². The molecule has 5 atom stereocenters. The molecule has 0 spiro atoms. The van der Waals surface area contributed by atoms with Crippen molar-refractivity contribution in [3.8, 4) is 0 Å². The number of ether oxygens (including phenoxy) is 3. The Bertz CT molecular complexity index is 1190. The zero-order valence-electron chi connectivity index (χ0n) is 20.8. The van der Waals surface area contributed by atoms with Crippen molar-refractivity contribution in [3.05, 3.63) is 71.5 Å². The quantitative estimate of drug-likeness (QED) is 0.281. The maximum Gasteiger partial charge on any atom is 0.303 e. The third-order valence-corrected chi connectivity index (χ3v) is 7.00. The van der Waals surface area contributed by atoms with Crippen molar-refractivity contribution in [1.29, 1.82) is 0 Å². The number of hydrogen-bond donors (Lipinski definition) is 3. The summed E-state index contributed by atoms with van der Waals surface area (Å²) in [7, 11) is 0. The Labute approximate surface area is 219 Å². The molecule has 3 N–H and O–H groups in total. The number of aliphatic hydroxyl groups is 1. The highest BCUT2D eigenvalue weighted by atomic mass is 32.2. The maximum absolute atomic E-state index is 12.4. The van der Waals surface area contributed by atoms with Crippen LogP contribution in [0, 0.1) is 5.92 Å². The summed E-state index contributed by atoms with van der Waals surface area (Å²) >= 11 is 1.52. The van der Waals surface area contributed by atoms with E-state index in [-0.39, 0.29) is 24.7 Å². The van der Waals surface area contributed by atoms with Crippen LogP contribution in [-0.4, -0.2) is 50.1 Å². The molecule has 3 aromatic rings. The predicted molar refractivity (Wildman–Crippen MR) is 136 cm³/mol. The number of carbonyl (C=O) groups excluding carboxylic acids is 2. The Morgan fingerprint density at radius 3 is 2.65 bits per heavy atom. The SMILES string of the molecule is CC(=O)O[C@@H](C)C(=O)Nc1cccc([C@@H]2O[C@H](CSc3ncn[nH]3)[C@H](C)[C@H](c3ccc(CO)cc3)O2)c1. The summed E-state index contributed by atoms with van der Waals surface area (Å²) in [5, 5.41) is 19.7. The molecule has 2 heterocycles. The van der Waals surface area contributed by atoms with Gasteiger partial charge < -0.3 is 24.6 Å². The summed E-state index contributed by atoms with van der Waals surface area (Å²) in [4.78, 5) is 27.8. The second kappa shape index (κ2) is 12.3. The average molecular weight is 527 g/mol. The molecule has 37 heavy (non-hydrogen) atoms. The molecule has 0 aliphatic carbocycles. The van der Waals surface area contributed by atoms with Gasteiger partial charge in [-0.2, -0.15) is 5.10 Å². The lowest BCUT2D eigenvalue weighted by Crippen LogP contribution is -2.38. The predicted octanol–water partition coefficient (Wildman–Crippen LogP) is 3.77. The van der Waals surface area contributed by atoms with Crippen LogP contribution in [0.3, 0.4) is 0 Å². The standard InChI is InChI=1S/C26H30N4O6S/c1-15-22(13-37-26-27-14-28-30-26)35-25(36-23(15)19-9-7-18(12-31)8-10-19)20-5-4-6-21(11-20)29-24(33)16(2)34-17(3)32/h4-11,14-16,22-23,25,31H,12-13H2,1-3H3,(H,29,33)(H,27,28,30)/t15-,16-,22+,23+,25+/m0/s1. The van der Waals surface area contributed by atoms with Gasteiger partial charge >= 0.3 is 5.97 Å². The monoisotopic (exact) mass is 526 g/mol. The first-order chi connectivity index (χ1) is 17.8. The normalized spacial score (nSPS) is 22.3. The summed E-state index contributed by atoms with van der Waals surface area (Å²) in [5.41, 5.74) is 3.07. The molecular formula is C26H30N4O6S. The van der Waals surface area contributed by atoms with Gasteiger partial charge in [-0.05, 0) is 30.2 Å². The summed E-state index contributed by atoms with van der Waals surface area (Å²) in [6, 6.07) is 14.9. The lowest BCUT2D eigenvalue weighted by Gasteiger charge is -2.41. The molecule has 0 saturated carbocycles. The van der Waals surface area contributed by atoms with Crippen LogP contribution in [0.5, 0.6) is 0 Å². The van der Waals surface area contributed by atoms with Gasteiger partial charge in [-0.3, -0.25) is 14.7 Å². The van der Waals surface area contributed by atoms with Crippen LogP contribution < -0.4 is 5.32 Å². The highest BCUT2D eigenvalue weighted by molar-refractivity contribution is 7.99. The number of amides is 1. The minimum atomic E-state index is -0.923. The number of anilines is 1. The van der Waals surface area contributed by atoms with E-state index in [9.17, 15) is 14.7 Å². The molecule has 1 aromatic heterocycles. The van der Waals surface area contributed by atoms with E-state index in [1.807, 2.05) is 30.3 Å². The van der Waals surface area contributed by atoms with Gasteiger partial charge in [0.05, 0.1) is 18.8 Å².